The summed E-state index contributed by atoms with van der Waals surface area (Å²) in [5, 5.41) is 0. The molecule has 0 aliphatic rings. The minimum absolute atomic E-state index is 0.711. The lowest BCUT2D eigenvalue weighted by Gasteiger charge is -1.90. The van der Waals surface area contributed by atoms with Gasteiger partial charge in [-0.25, -0.2) is 0 Å². The third kappa shape index (κ3) is 8.91. The van der Waals surface area contributed by atoms with Crippen LogP contribution >= 0.6 is 0 Å². The Morgan fingerprint density at radius 2 is 1.91 bits per heavy atom. The van der Waals surface area contributed by atoms with Gasteiger partial charge < -0.3 is 10.6 Å². The van der Waals surface area contributed by atoms with Crippen molar-refractivity contribution in [2.24, 2.45) is 0 Å². The number of hydrogen-bond acceptors (Lipinski definition) is 3. The topological polar surface area (TPSA) is 42.1 Å². The molecule has 0 aliphatic heterocycles. The Hall–Kier alpha value is -1.09. The summed E-state index contributed by atoms with van der Waals surface area (Å²) in [5.74, 6) is 0. The molecule has 1 heterocycles. The Kier molecular flexibility index (Phi) is 5.11. The van der Waals surface area contributed by atoms with E-state index in [1.54, 1.807) is 24.5 Å². The van der Waals surface area contributed by atoms with E-state index in [1.807, 2.05) is 26.0 Å². The molecule has 0 saturated heterocycles. The lowest BCUT2D eigenvalue weighted by atomic mass is 10.4. The summed E-state index contributed by atoms with van der Waals surface area (Å²) in [6, 6.07) is 3.60. The van der Waals surface area contributed by atoms with Gasteiger partial charge in [0.25, 0.3) is 0 Å². The van der Waals surface area contributed by atoms with Gasteiger partial charge in [0, 0.05) is 12.4 Å². The van der Waals surface area contributed by atoms with Crippen molar-refractivity contribution in [3.8, 4) is 0 Å². The van der Waals surface area contributed by atoms with Crippen LogP contribution in [0.3, 0.4) is 0 Å². The maximum Gasteiger partial charge on any atom is 0.0500 e. The molecule has 0 unspecified atom stereocenters. The van der Waals surface area contributed by atoms with Crippen molar-refractivity contribution in [1.82, 2.24) is 9.88 Å². The molecular formula is C8H15N3. The third-order valence-corrected chi connectivity index (χ3v) is 0.684. The highest BCUT2D eigenvalue weighted by molar-refractivity contribution is 5.32. The lowest BCUT2D eigenvalue weighted by Crippen LogP contribution is -1.99. The first-order chi connectivity index (χ1) is 5.13. The van der Waals surface area contributed by atoms with E-state index >= 15 is 0 Å². The van der Waals surface area contributed by atoms with Gasteiger partial charge in [-0.3, -0.25) is 4.98 Å². The number of nitrogens with zero attached hydrogens (tertiary/aromatic N) is 2. The molecule has 0 aromatic carbocycles. The molecular weight excluding hydrogens is 138 g/mol. The van der Waals surface area contributed by atoms with E-state index in [-0.39, 0.29) is 0 Å². The molecule has 3 heteroatoms. The molecule has 11 heavy (non-hydrogen) atoms. The molecule has 3 nitrogen and oxygen atoms in total. The second kappa shape index (κ2) is 5.68. The van der Waals surface area contributed by atoms with Gasteiger partial charge in [-0.15, -0.1) is 0 Å². The first-order valence-corrected chi connectivity index (χ1v) is 3.39. The molecule has 0 spiro atoms. The van der Waals surface area contributed by atoms with E-state index in [1.165, 1.54) is 0 Å². The van der Waals surface area contributed by atoms with Crippen LogP contribution in [0.4, 0.5) is 5.69 Å². The van der Waals surface area contributed by atoms with Gasteiger partial charge in [-0.05, 0) is 33.3 Å². The van der Waals surface area contributed by atoms with Crippen molar-refractivity contribution in [2.75, 3.05) is 26.9 Å². The normalized spacial score (nSPS) is 8.73. The fourth-order valence-electron chi connectivity index (χ4n) is 0.376. The minimum atomic E-state index is 0.711. The number of hydrogen-bond donors (Lipinski definition) is 1. The molecule has 0 aliphatic carbocycles. The summed E-state index contributed by atoms with van der Waals surface area (Å²) in [5.41, 5.74) is 6.01. The molecule has 62 valence electrons. The van der Waals surface area contributed by atoms with Crippen LogP contribution in [0.1, 0.15) is 0 Å². The summed E-state index contributed by atoms with van der Waals surface area (Å²) in [7, 11) is 6.00. The first-order valence-electron chi connectivity index (χ1n) is 3.39. The Bertz CT molecular complexity index is 169. The van der Waals surface area contributed by atoms with Crippen molar-refractivity contribution in [1.29, 1.82) is 0 Å². The number of pyridine rings is 1. The molecule has 0 saturated carbocycles. The highest BCUT2D eigenvalue weighted by atomic mass is 15.0. The standard InChI is InChI=1S/C5H6N2.C3H9N/c6-5-2-1-3-7-4-5;1-4(2)3/h1-4H,6H2;1-3H3. The summed E-state index contributed by atoms with van der Waals surface area (Å²) in [6.45, 7) is 0. The predicted molar refractivity (Wildman–Crippen MR) is 48.3 cm³/mol. The quantitative estimate of drug-likeness (QED) is 0.600. The van der Waals surface area contributed by atoms with Crippen LogP contribution in [-0.4, -0.2) is 31.0 Å². The Morgan fingerprint density at radius 3 is 2.09 bits per heavy atom. The highest BCUT2D eigenvalue weighted by Gasteiger charge is 1.73. The summed E-state index contributed by atoms with van der Waals surface area (Å²) in [4.78, 5) is 5.76. The molecule has 0 radical (unpaired) electrons. The predicted octanol–water partition coefficient (Wildman–Crippen LogP) is 0.842. The molecule has 1 rings (SSSR count). The van der Waals surface area contributed by atoms with Crippen LogP contribution < -0.4 is 5.73 Å². The Balaban J connectivity index is 0.000000218. The zero-order valence-electron chi connectivity index (χ0n) is 7.28. The van der Waals surface area contributed by atoms with Gasteiger partial charge >= 0.3 is 0 Å². The maximum absolute atomic E-state index is 5.30. The first kappa shape index (κ1) is 9.91. The zero-order chi connectivity index (χ0) is 8.69. The Morgan fingerprint density at radius 1 is 1.36 bits per heavy atom. The molecule has 1 aromatic rings. The van der Waals surface area contributed by atoms with Crippen molar-refractivity contribution in [3.05, 3.63) is 24.5 Å². The number of anilines is 1. The number of nitrogens with two attached hydrogens (primary N) is 1. The van der Waals surface area contributed by atoms with Gasteiger partial charge in [-0.1, -0.05) is 0 Å². The number of rotatable bonds is 0. The van der Waals surface area contributed by atoms with Crippen molar-refractivity contribution < 1.29 is 0 Å². The molecule has 1 aromatic heterocycles. The fraction of sp³-hybridized carbons (Fsp3) is 0.375. The number of nitrogen functional groups attached to an aromatic ring is 1. The van der Waals surface area contributed by atoms with Gasteiger partial charge in [0.05, 0.1) is 5.69 Å². The van der Waals surface area contributed by atoms with Gasteiger partial charge in [0.1, 0.15) is 0 Å². The van der Waals surface area contributed by atoms with E-state index in [9.17, 15) is 0 Å². The monoisotopic (exact) mass is 153 g/mol. The molecule has 0 bridgehead atoms. The fourth-order valence-corrected chi connectivity index (χ4v) is 0.376. The second-order valence-corrected chi connectivity index (χ2v) is 2.63. The molecule has 2 N–H and O–H groups in total. The highest BCUT2D eigenvalue weighted by Crippen LogP contribution is 1.92. The van der Waals surface area contributed by atoms with E-state index < -0.39 is 0 Å². The van der Waals surface area contributed by atoms with Gasteiger partial charge in [0.2, 0.25) is 0 Å². The van der Waals surface area contributed by atoms with Crippen LogP contribution in [0, 0.1) is 0 Å². The largest absolute Gasteiger partial charge is 0.397 e. The van der Waals surface area contributed by atoms with E-state index in [4.69, 9.17) is 5.73 Å². The van der Waals surface area contributed by atoms with Crippen LogP contribution in [0.2, 0.25) is 0 Å². The van der Waals surface area contributed by atoms with E-state index in [0.29, 0.717) is 5.69 Å². The average Bonchev–Trinajstić information content (AvgIpc) is 1.87. The van der Waals surface area contributed by atoms with Crippen LogP contribution in [-0.2, 0) is 0 Å². The lowest BCUT2D eigenvalue weighted by molar-refractivity contribution is 0.505. The van der Waals surface area contributed by atoms with Crippen LogP contribution in [0.25, 0.3) is 0 Å². The van der Waals surface area contributed by atoms with Crippen molar-refractivity contribution in [3.63, 3.8) is 0 Å². The summed E-state index contributed by atoms with van der Waals surface area (Å²) in [6.07, 6.45) is 3.30. The van der Waals surface area contributed by atoms with E-state index in [0.717, 1.165) is 0 Å². The smallest absolute Gasteiger partial charge is 0.0500 e. The Labute approximate surface area is 67.9 Å². The molecule has 0 fully saturated rings. The van der Waals surface area contributed by atoms with Gasteiger partial charge in [-0.2, -0.15) is 0 Å². The van der Waals surface area contributed by atoms with Crippen LogP contribution in [0.15, 0.2) is 24.5 Å². The number of aromatic nitrogens is 1. The maximum atomic E-state index is 5.30. The zero-order valence-corrected chi connectivity index (χ0v) is 7.28. The molecule has 0 amide bonds. The minimum Gasteiger partial charge on any atom is -0.397 e. The van der Waals surface area contributed by atoms with Crippen molar-refractivity contribution in [2.45, 2.75) is 0 Å². The third-order valence-electron chi connectivity index (χ3n) is 0.684. The average molecular weight is 153 g/mol. The molecule has 0 atom stereocenters. The summed E-state index contributed by atoms with van der Waals surface area (Å²) < 4.78 is 0. The van der Waals surface area contributed by atoms with Crippen molar-refractivity contribution >= 4 is 5.69 Å². The summed E-state index contributed by atoms with van der Waals surface area (Å²) >= 11 is 0. The van der Waals surface area contributed by atoms with E-state index in [2.05, 4.69) is 4.98 Å². The van der Waals surface area contributed by atoms with Gasteiger partial charge in [0.15, 0.2) is 0 Å². The second-order valence-electron chi connectivity index (χ2n) is 2.63. The SMILES string of the molecule is CN(C)C.Nc1cccnc1. The van der Waals surface area contributed by atoms with Crippen LogP contribution in [0.5, 0.6) is 0 Å².